The Bertz CT molecular complexity index is 1070. The van der Waals surface area contributed by atoms with E-state index in [2.05, 4.69) is 37.8 Å². The highest BCUT2D eigenvalue weighted by Crippen LogP contribution is 2.33. The number of ether oxygens (including phenoxy) is 1. The van der Waals surface area contributed by atoms with Crippen molar-refractivity contribution < 1.29 is 9.53 Å². The van der Waals surface area contributed by atoms with E-state index in [1.165, 1.54) is 11.1 Å². The molecule has 0 atom stereocenters. The van der Waals surface area contributed by atoms with Crippen LogP contribution >= 0.6 is 35.5 Å². The van der Waals surface area contributed by atoms with E-state index < -0.39 is 0 Å². The van der Waals surface area contributed by atoms with E-state index in [-0.39, 0.29) is 18.3 Å². The van der Waals surface area contributed by atoms with Crippen molar-refractivity contribution in [3.63, 3.8) is 0 Å². The standard InChI is InChI=1S/C24H29N3O2S2.ClH/c1-4-30-20-8-6-5-7-19(20)23(28)27(12-11-26-13-15-29-16-14-26)24-25-22-18(3)17(2)9-10-21(22)31-24;/h5-10H,4,11-16H2,1-3H3;1H. The fourth-order valence-corrected chi connectivity index (χ4v) is 5.60. The van der Waals surface area contributed by atoms with Crippen molar-refractivity contribution in [2.45, 2.75) is 25.7 Å². The van der Waals surface area contributed by atoms with Crippen molar-refractivity contribution in [1.29, 1.82) is 0 Å². The molecule has 8 heteroatoms. The molecule has 32 heavy (non-hydrogen) atoms. The van der Waals surface area contributed by atoms with E-state index in [1.807, 2.05) is 29.2 Å². The van der Waals surface area contributed by atoms with Crippen LogP contribution in [0, 0.1) is 13.8 Å². The first-order chi connectivity index (χ1) is 15.1. The number of rotatable bonds is 7. The van der Waals surface area contributed by atoms with E-state index >= 15 is 0 Å². The summed E-state index contributed by atoms with van der Waals surface area (Å²) in [6.07, 6.45) is 0. The van der Waals surface area contributed by atoms with Gasteiger partial charge < -0.3 is 4.74 Å². The van der Waals surface area contributed by atoms with Gasteiger partial charge in [0.05, 0.1) is 29.0 Å². The van der Waals surface area contributed by atoms with Crippen LogP contribution in [0.3, 0.4) is 0 Å². The molecule has 4 rings (SSSR count). The Kier molecular flexibility index (Phi) is 8.96. The molecule has 2 aromatic carbocycles. The predicted molar refractivity (Wildman–Crippen MR) is 138 cm³/mol. The smallest absolute Gasteiger partial charge is 0.261 e. The van der Waals surface area contributed by atoms with Crippen molar-refractivity contribution in [2.24, 2.45) is 0 Å². The maximum absolute atomic E-state index is 13.8. The molecule has 0 bridgehead atoms. The quantitative estimate of drug-likeness (QED) is 0.412. The number of thioether (sulfide) groups is 1. The monoisotopic (exact) mass is 491 g/mol. The molecule has 0 spiro atoms. The summed E-state index contributed by atoms with van der Waals surface area (Å²) in [5.74, 6) is 0.954. The van der Waals surface area contributed by atoms with Gasteiger partial charge in [-0.1, -0.05) is 36.5 Å². The molecular weight excluding hydrogens is 462 g/mol. The van der Waals surface area contributed by atoms with E-state index in [4.69, 9.17) is 9.72 Å². The minimum absolute atomic E-state index is 0. The maximum atomic E-state index is 13.8. The number of anilines is 1. The number of morpholine rings is 1. The van der Waals surface area contributed by atoms with Gasteiger partial charge in [0, 0.05) is 31.1 Å². The number of hydrogen-bond donors (Lipinski definition) is 0. The molecule has 0 aliphatic carbocycles. The van der Waals surface area contributed by atoms with Crippen LogP contribution in [0.5, 0.6) is 0 Å². The zero-order chi connectivity index (χ0) is 21.8. The summed E-state index contributed by atoms with van der Waals surface area (Å²) >= 11 is 3.31. The second-order valence-corrected chi connectivity index (χ2v) is 10.0. The lowest BCUT2D eigenvalue weighted by Crippen LogP contribution is -2.43. The fourth-order valence-electron chi connectivity index (χ4n) is 3.75. The van der Waals surface area contributed by atoms with E-state index in [0.29, 0.717) is 6.54 Å². The van der Waals surface area contributed by atoms with Gasteiger partial charge in [-0.3, -0.25) is 14.6 Å². The first-order valence-corrected chi connectivity index (χ1v) is 12.6. The summed E-state index contributed by atoms with van der Waals surface area (Å²) in [6, 6.07) is 12.2. The second-order valence-electron chi connectivity index (χ2n) is 7.69. The van der Waals surface area contributed by atoms with Gasteiger partial charge >= 0.3 is 0 Å². The fraction of sp³-hybridized carbons (Fsp3) is 0.417. The number of carbonyl (C=O) groups excluding carboxylic acids is 1. The van der Waals surface area contributed by atoms with Gasteiger partial charge in [0.25, 0.3) is 5.91 Å². The normalized spacial score (nSPS) is 14.3. The number of amides is 1. The summed E-state index contributed by atoms with van der Waals surface area (Å²) < 4.78 is 6.60. The molecule has 0 radical (unpaired) electrons. The number of fused-ring (bicyclic) bond motifs is 1. The second kappa shape index (κ2) is 11.5. The number of benzene rings is 2. The molecule has 0 saturated carbocycles. The molecule has 5 nitrogen and oxygen atoms in total. The minimum atomic E-state index is 0. The first-order valence-electron chi connectivity index (χ1n) is 10.8. The molecular formula is C24H30ClN3O2S2. The highest BCUT2D eigenvalue weighted by Gasteiger charge is 2.25. The van der Waals surface area contributed by atoms with Gasteiger partial charge in [-0.15, -0.1) is 24.2 Å². The van der Waals surface area contributed by atoms with Gasteiger partial charge in [-0.25, -0.2) is 4.98 Å². The van der Waals surface area contributed by atoms with Crippen LogP contribution in [0.2, 0.25) is 0 Å². The van der Waals surface area contributed by atoms with Crippen LogP contribution in [-0.4, -0.2) is 60.9 Å². The molecule has 3 aromatic rings. The Morgan fingerprint density at radius 1 is 1.19 bits per heavy atom. The third kappa shape index (κ3) is 5.46. The molecule has 0 N–H and O–H groups in total. The van der Waals surface area contributed by atoms with Crippen LogP contribution in [0.25, 0.3) is 10.2 Å². The Labute approximate surface area is 204 Å². The number of carbonyl (C=O) groups is 1. The molecule has 172 valence electrons. The lowest BCUT2D eigenvalue weighted by Gasteiger charge is -2.29. The first kappa shape index (κ1) is 25.0. The zero-order valence-corrected chi connectivity index (χ0v) is 21.2. The average Bonchev–Trinajstić information content (AvgIpc) is 3.22. The molecule has 1 fully saturated rings. The molecule has 1 saturated heterocycles. The van der Waals surface area contributed by atoms with Crippen LogP contribution < -0.4 is 4.90 Å². The number of nitrogens with zero attached hydrogens (tertiary/aromatic N) is 3. The summed E-state index contributed by atoms with van der Waals surface area (Å²) in [6.45, 7) is 11.1. The molecule has 0 unspecified atom stereocenters. The Morgan fingerprint density at radius 3 is 2.69 bits per heavy atom. The third-order valence-corrected chi connectivity index (χ3v) is 7.71. The lowest BCUT2D eigenvalue weighted by atomic mass is 10.1. The molecule has 1 aliphatic heterocycles. The van der Waals surface area contributed by atoms with Crippen molar-refractivity contribution in [2.75, 3.05) is 50.0 Å². The zero-order valence-electron chi connectivity index (χ0n) is 18.8. The number of aromatic nitrogens is 1. The van der Waals surface area contributed by atoms with Crippen molar-refractivity contribution >= 4 is 56.8 Å². The van der Waals surface area contributed by atoms with Crippen molar-refractivity contribution in [1.82, 2.24) is 9.88 Å². The summed E-state index contributed by atoms with van der Waals surface area (Å²) in [4.78, 5) is 24.0. The summed E-state index contributed by atoms with van der Waals surface area (Å²) in [7, 11) is 0. The summed E-state index contributed by atoms with van der Waals surface area (Å²) in [5, 5.41) is 0.776. The summed E-state index contributed by atoms with van der Waals surface area (Å²) in [5.41, 5.74) is 4.16. The number of hydrogen-bond acceptors (Lipinski definition) is 6. The van der Waals surface area contributed by atoms with Crippen LogP contribution in [0.1, 0.15) is 28.4 Å². The highest BCUT2D eigenvalue weighted by atomic mass is 35.5. The Balaban J connectivity index is 0.00000289. The van der Waals surface area contributed by atoms with Gasteiger partial charge in [-0.2, -0.15) is 0 Å². The van der Waals surface area contributed by atoms with Crippen LogP contribution in [0.15, 0.2) is 41.3 Å². The van der Waals surface area contributed by atoms with Gasteiger partial charge in [-0.05, 0) is 48.9 Å². The largest absolute Gasteiger partial charge is 0.379 e. The Hall–Kier alpha value is -1.64. The number of thiazole rings is 1. The average molecular weight is 492 g/mol. The molecule has 2 heterocycles. The predicted octanol–water partition coefficient (Wildman–Crippen LogP) is 5.43. The topological polar surface area (TPSA) is 45.7 Å². The maximum Gasteiger partial charge on any atom is 0.261 e. The van der Waals surface area contributed by atoms with Crippen molar-refractivity contribution in [3.05, 3.63) is 53.1 Å². The molecule has 1 aromatic heterocycles. The molecule has 1 amide bonds. The molecule has 1 aliphatic rings. The number of halogens is 1. The Morgan fingerprint density at radius 2 is 1.94 bits per heavy atom. The van der Waals surface area contributed by atoms with E-state index in [1.54, 1.807) is 23.1 Å². The van der Waals surface area contributed by atoms with Gasteiger partial charge in [0.2, 0.25) is 0 Å². The van der Waals surface area contributed by atoms with Crippen molar-refractivity contribution in [3.8, 4) is 0 Å². The van der Waals surface area contributed by atoms with Gasteiger partial charge in [0.1, 0.15) is 0 Å². The highest BCUT2D eigenvalue weighted by molar-refractivity contribution is 7.99. The minimum Gasteiger partial charge on any atom is -0.379 e. The van der Waals surface area contributed by atoms with Crippen LogP contribution in [0.4, 0.5) is 5.13 Å². The number of aryl methyl sites for hydroxylation is 2. The van der Waals surface area contributed by atoms with E-state index in [9.17, 15) is 4.79 Å². The SMILES string of the molecule is CCSc1ccccc1C(=O)N(CCN1CCOCC1)c1nc2c(C)c(C)ccc2s1.Cl. The van der Waals surface area contributed by atoms with Gasteiger partial charge in [0.15, 0.2) is 5.13 Å². The third-order valence-electron chi connectivity index (χ3n) is 5.71. The lowest BCUT2D eigenvalue weighted by molar-refractivity contribution is 0.0391. The van der Waals surface area contributed by atoms with Crippen LogP contribution in [-0.2, 0) is 4.74 Å². The van der Waals surface area contributed by atoms with E-state index in [0.717, 1.165) is 64.4 Å².